The Kier molecular flexibility index (Phi) is 3.47. The molecule has 1 aliphatic carbocycles. The maximum Gasteiger partial charge on any atom is 0.311 e. The first-order valence-corrected chi connectivity index (χ1v) is 7.87. The molecule has 19 heavy (non-hydrogen) atoms. The summed E-state index contributed by atoms with van der Waals surface area (Å²) in [6, 6.07) is 0. The summed E-state index contributed by atoms with van der Waals surface area (Å²) in [4.78, 5) is 11.4. The van der Waals surface area contributed by atoms with Gasteiger partial charge in [-0.2, -0.15) is 11.8 Å². The van der Waals surface area contributed by atoms with Crippen LogP contribution >= 0.6 is 11.8 Å². The highest BCUT2D eigenvalue weighted by molar-refractivity contribution is 7.99. The van der Waals surface area contributed by atoms with E-state index in [1.54, 1.807) is 4.68 Å². The first-order valence-electron chi connectivity index (χ1n) is 6.82. The van der Waals surface area contributed by atoms with Gasteiger partial charge in [0.2, 0.25) is 0 Å². The summed E-state index contributed by atoms with van der Waals surface area (Å²) >= 11 is 1.88. The first-order chi connectivity index (χ1) is 9.21. The largest absolute Gasteiger partial charge is 0.481 e. The number of thioether (sulfide) groups is 1. The van der Waals surface area contributed by atoms with Crippen LogP contribution in [-0.2, 0) is 11.3 Å². The lowest BCUT2D eigenvalue weighted by Gasteiger charge is -2.37. The Labute approximate surface area is 115 Å². The third kappa shape index (κ3) is 2.35. The smallest absolute Gasteiger partial charge is 0.311 e. The molecule has 1 atom stereocenters. The molecular weight excluding hydrogens is 264 g/mol. The lowest BCUT2D eigenvalue weighted by molar-refractivity contribution is -0.156. The molecular formula is C12H18N4O2S. The van der Waals surface area contributed by atoms with Crippen LogP contribution in [0.15, 0.2) is 0 Å². The molecule has 6 nitrogen and oxygen atoms in total. The standard InChI is InChI=1S/C12H18N4O2S/c17-11(18)12(5-3-6-12)8-16-10(13-14-15-16)9-4-1-2-7-19-9/h9H,1-8H2,(H,17,18). The van der Waals surface area contributed by atoms with Gasteiger partial charge >= 0.3 is 5.97 Å². The summed E-state index contributed by atoms with van der Waals surface area (Å²) < 4.78 is 1.73. The first kappa shape index (κ1) is 12.9. The molecule has 1 unspecified atom stereocenters. The van der Waals surface area contributed by atoms with Crippen molar-refractivity contribution in [3.8, 4) is 0 Å². The summed E-state index contributed by atoms with van der Waals surface area (Å²) in [7, 11) is 0. The molecule has 3 rings (SSSR count). The molecule has 1 N–H and O–H groups in total. The summed E-state index contributed by atoms with van der Waals surface area (Å²) in [5, 5.41) is 21.6. The lowest BCUT2D eigenvalue weighted by Crippen LogP contribution is -2.42. The highest BCUT2D eigenvalue weighted by Gasteiger charge is 2.45. The van der Waals surface area contributed by atoms with Crippen molar-refractivity contribution in [3.63, 3.8) is 0 Å². The fraction of sp³-hybridized carbons (Fsp3) is 0.833. The molecule has 1 aromatic heterocycles. The zero-order valence-corrected chi connectivity index (χ0v) is 11.6. The fourth-order valence-corrected chi connectivity index (χ4v) is 4.14. The minimum absolute atomic E-state index is 0.328. The van der Waals surface area contributed by atoms with Crippen molar-refractivity contribution in [1.82, 2.24) is 20.2 Å². The minimum atomic E-state index is -0.712. The number of tetrazole rings is 1. The molecule has 1 aromatic rings. The highest BCUT2D eigenvalue weighted by atomic mass is 32.2. The molecule has 0 spiro atoms. The second kappa shape index (κ2) is 5.11. The fourth-order valence-electron chi connectivity index (χ4n) is 2.83. The molecule has 1 saturated carbocycles. The molecule has 1 aliphatic heterocycles. The monoisotopic (exact) mass is 282 g/mol. The van der Waals surface area contributed by atoms with Crippen molar-refractivity contribution in [1.29, 1.82) is 0 Å². The van der Waals surface area contributed by atoms with Gasteiger partial charge in [-0.15, -0.1) is 5.10 Å². The average molecular weight is 282 g/mol. The van der Waals surface area contributed by atoms with Crippen LogP contribution in [0.2, 0.25) is 0 Å². The van der Waals surface area contributed by atoms with E-state index < -0.39 is 11.4 Å². The zero-order chi connectivity index (χ0) is 13.3. The number of aromatic nitrogens is 4. The van der Waals surface area contributed by atoms with Crippen molar-refractivity contribution < 1.29 is 9.90 Å². The van der Waals surface area contributed by atoms with Crippen molar-refractivity contribution >= 4 is 17.7 Å². The summed E-state index contributed by atoms with van der Waals surface area (Å²) in [5.41, 5.74) is -0.635. The normalized spacial score (nSPS) is 25.8. The van der Waals surface area contributed by atoms with Gasteiger partial charge in [0, 0.05) is 0 Å². The molecule has 2 aliphatic rings. The second-order valence-corrected chi connectivity index (χ2v) is 6.80. The van der Waals surface area contributed by atoms with Gasteiger partial charge < -0.3 is 5.11 Å². The predicted molar refractivity (Wildman–Crippen MR) is 70.8 cm³/mol. The van der Waals surface area contributed by atoms with Gasteiger partial charge in [0.15, 0.2) is 5.82 Å². The Hall–Kier alpha value is -1.11. The highest BCUT2D eigenvalue weighted by Crippen LogP contribution is 2.44. The van der Waals surface area contributed by atoms with E-state index in [0.29, 0.717) is 11.8 Å². The van der Waals surface area contributed by atoms with Gasteiger partial charge in [-0.05, 0) is 41.9 Å². The Morgan fingerprint density at radius 3 is 2.84 bits per heavy atom. The van der Waals surface area contributed by atoms with Crippen molar-refractivity contribution in [2.45, 2.75) is 50.3 Å². The van der Waals surface area contributed by atoms with Crippen LogP contribution in [0.5, 0.6) is 0 Å². The molecule has 104 valence electrons. The van der Waals surface area contributed by atoms with Gasteiger partial charge in [0.05, 0.1) is 17.2 Å². The van der Waals surface area contributed by atoms with Crippen LogP contribution in [0.1, 0.15) is 49.6 Å². The Morgan fingerprint density at radius 2 is 2.26 bits per heavy atom. The number of carbonyl (C=O) groups is 1. The van der Waals surface area contributed by atoms with E-state index >= 15 is 0 Å². The number of hydrogen-bond acceptors (Lipinski definition) is 5. The number of rotatable bonds is 4. The topological polar surface area (TPSA) is 80.9 Å². The van der Waals surface area contributed by atoms with E-state index in [4.69, 9.17) is 0 Å². The SMILES string of the molecule is O=C(O)C1(Cn2nnnc2C2CCCCS2)CCC1. The quantitative estimate of drug-likeness (QED) is 0.908. The van der Waals surface area contributed by atoms with E-state index in [-0.39, 0.29) is 0 Å². The van der Waals surface area contributed by atoms with Crippen molar-refractivity contribution in [2.24, 2.45) is 5.41 Å². The van der Waals surface area contributed by atoms with Gasteiger partial charge in [-0.1, -0.05) is 12.8 Å². The average Bonchev–Trinajstić information content (AvgIpc) is 2.82. The minimum Gasteiger partial charge on any atom is -0.481 e. The maximum absolute atomic E-state index is 11.4. The van der Waals surface area contributed by atoms with E-state index in [9.17, 15) is 9.90 Å². The molecule has 0 amide bonds. The number of carboxylic acids is 1. The second-order valence-electron chi connectivity index (χ2n) is 5.49. The Balaban J connectivity index is 1.78. The van der Waals surface area contributed by atoms with E-state index in [2.05, 4.69) is 15.5 Å². The lowest BCUT2D eigenvalue weighted by atomic mass is 9.69. The number of hydrogen-bond donors (Lipinski definition) is 1. The molecule has 0 radical (unpaired) electrons. The van der Waals surface area contributed by atoms with Crippen molar-refractivity contribution in [2.75, 3.05) is 5.75 Å². The third-order valence-electron chi connectivity index (χ3n) is 4.24. The van der Waals surface area contributed by atoms with E-state index in [1.165, 1.54) is 12.8 Å². The van der Waals surface area contributed by atoms with Crippen LogP contribution in [0, 0.1) is 5.41 Å². The van der Waals surface area contributed by atoms with E-state index in [0.717, 1.165) is 37.3 Å². The molecule has 0 bridgehead atoms. The predicted octanol–water partition coefficient (Wildman–Crippen LogP) is 1.89. The van der Waals surface area contributed by atoms with Gasteiger partial charge in [-0.25, -0.2) is 4.68 Å². The van der Waals surface area contributed by atoms with Gasteiger partial charge in [0.1, 0.15) is 0 Å². The molecule has 1 saturated heterocycles. The Bertz CT molecular complexity index is 466. The molecule has 0 aromatic carbocycles. The maximum atomic E-state index is 11.4. The molecule has 2 heterocycles. The summed E-state index contributed by atoms with van der Waals surface area (Å²) in [6.45, 7) is 0.418. The number of nitrogens with zero attached hydrogens (tertiary/aromatic N) is 4. The molecule has 7 heteroatoms. The van der Waals surface area contributed by atoms with Crippen LogP contribution in [0.4, 0.5) is 0 Å². The number of carboxylic acid groups (broad SMARTS) is 1. The van der Waals surface area contributed by atoms with E-state index in [1.807, 2.05) is 11.8 Å². The van der Waals surface area contributed by atoms with Gasteiger partial charge in [-0.3, -0.25) is 4.79 Å². The summed E-state index contributed by atoms with van der Waals surface area (Å²) in [5.74, 6) is 1.29. The van der Waals surface area contributed by atoms with Crippen LogP contribution in [0.25, 0.3) is 0 Å². The summed E-state index contributed by atoms with van der Waals surface area (Å²) in [6.07, 6.45) is 6.00. The van der Waals surface area contributed by atoms with Crippen molar-refractivity contribution in [3.05, 3.63) is 5.82 Å². The molecule has 2 fully saturated rings. The third-order valence-corrected chi connectivity index (χ3v) is 5.62. The number of aliphatic carboxylic acids is 1. The van der Waals surface area contributed by atoms with Crippen LogP contribution in [-0.4, -0.2) is 37.0 Å². The van der Waals surface area contributed by atoms with Crippen LogP contribution in [0.3, 0.4) is 0 Å². The zero-order valence-electron chi connectivity index (χ0n) is 10.8. The Morgan fingerprint density at radius 1 is 1.42 bits per heavy atom. The van der Waals surface area contributed by atoms with Gasteiger partial charge in [0.25, 0.3) is 0 Å². The van der Waals surface area contributed by atoms with Crippen LogP contribution < -0.4 is 0 Å².